The number of fused-ring (bicyclic) bond motifs is 1. The van der Waals surface area contributed by atoms with Gasteiger partial charge in [0.05, 0.1) is 28.9 Å². The summed E-state index contributed by atoms with van der Waals surface area (Å²) >= 11 is 0. The van der Waals surface area contributed by atoms with E-state index in [1.807, 2.05) is 26.8 Å². The smallest absolute Gasteiger partial charge is 0.337 e. The highest BCUT2D eigenvalue weighted by molar-refractivity contribution is 5.89. The summed E-state index contributed by atoms with van der Waals surface area (Å²) in [5.74, 6) is 0.518. The Labute approximate surface area is 169 Å². The molecule has 3 aromatic rings. The molecule has 2 aromatic heterocycles. The van der Waals surface area contributed by atoms with Gasteiger partial charge in [-0.1, -0.05) is 32.9 Å². The van der Waals surface area contributed by atoms with Gasteiger partial charge in [0.2, 0.25) is 0 Å². The monoisotopic (exact) mass is 400 g/mol. The molecule has 8 heteroatoms. The first-order chi connectivity index (χ1) is 13.5. The van der Waals surface area contributed by atoms with Crippen molar-refractivity contribution in [3.63, 3.8) is 0 Å². The van der Waals surface area contributed by atoms with Crippen molar-refractivity contribution in [3.05, 3.63) is 53.1 Å². The number of hydrogen-bond acceptors (Lipinski definition) is 5. The van der Waals surface area contributed by atoms with Gasteiger partial charge in [-0.3, -0.25) is 4.57 Å². The minimum atomic E-state index is -0.922. The van der Waals surface area contributed by atoms with Crippen LogP contribution in [0.25, 0.3) is 11.0 Å². The fourth-order valence-electron chi connectivity index (χ4n) is 3.28. The van der Waals surface area contributed by atoms with Crippen molar-refractivity contribution < 1.29 is 14.3 Å². The second-order valence-electron chi connectivity index (χ2n) is 8.97. The third kappa shape index (κ3) is 4.42. The molecule has 0 radical (unpaired) electrons. The highest BCUT2D eigenvalue weighted by Crippen LogP contribution is 2.32. The van der Waals surface area contributed by atoms with E-state index in [-0.39, 0.29) is 5.41 Å². The van der Waals surface area contributed by atoms with E-state index >= 15 is 0 Å². The first-order valence-corrected chi connectivity index (χ1v) is 9.61. The van der Waals surface area contributed by atoms with Crippen LogP contribution in [-0.2, 0) is 6.54 Å². The molecule has 0 unspecified atom stereocenters. The molecule has 0 saturated carbocycles. The van der Waals surface area contributed by atoms with Crippen molar-refractivity contribution in [2.75, 3.05) is 0 Å². The minimum Gasteiger partial charge on any atom is -0.446 e. The number of oxazole rings is 1. The van der Waals surface area contributed by atoms with Gasteiger partial charge in [-0.2, -0.15) is 0 Å². The van der Waals surface area contributed by atoms with Crippen LogP contribution in [0.15, 0.2) is 46.1 Å². The molecule has 0 bridgehead atoms. The first-order valence-electron chi connectivity index (χ1n) is 9.61. The number of benzene rings is 1. The summed E-state index contributed by atoms with van der Waals surface area (Å²) in [6, 6.07) is 6.12. The van der Waals surface area contributed by atoms with E-state index in [0.717, 1.165) is 4.57 Å². The number of nitrogens with one attached hydrogen (secondary N) is 1. The zero-order chi connectivity index (χ0) is 21.4. The van der Waals surface area contributed by atoms with Crippen LogP contribution in [0.3, 0.4) is 0 Å². The predicted molar refractivity (Wildman–Crippen MR) is 110 cm³/mol. The first kappa shape index (κ1) is 20.9. The van der Waals surface area contributed by atoms with Crippen LogP contribution in [0.2, 0.25) is 0 Å². The average molecular weight is 400 g/mol. The Balaban J connectivity index is 2.02. The number of aryl methyl sites for hydroxylation is 1. The fraction of sp³-hybridized carbons (Fsp3) is 0.476. The lowest BCUT2D eigenvalue weighted by Crippen LogP contribution is -2.42. The Morgan fingerprint density at radius 3 is 2.41 bits per heavy atom. The molecule has 1 aromatic carbocycles. The van der Waals surface area contributed by atoms with Gasteiger partial charge in [0.1, 0.15) is 5.76 Å². The van der Waals surface area contributed by atoms with Crippen LogP contribution in [0, 0.1) is 5.41 Å². The lowest BCUT2D eigenvalue weighted by atomic mass is 9.85. The Morgan fingerprint density at radius 1 is 1.21 bits per heavy atom. The lowest BCUT2D eigenvalue weighted by molar-refractivity contribution is 0.0662. The molecule has 29 heavy (non-hydrogen) atoms. The molecule has 0 aliphatic rings. The highest BCUT2D eigenvalue weighted by atomic mass is 16.3. The number of hydrogen-bond donors (Lipinski definition) is 2. The minimum absolute atomic E-state index is 0.300. The Hall–Kier alpha value is -2.87. The number of para-hydroxylation sites is 2. The molecule has 0 aliphatic heterocycles. The molecule has 0 aliphatic carbocycles. The molecule has 1 amide bonds. The Kier molecular flexibility index (Phi) is 5.40. The van der Waals surface area contributed by atoms with Crippen LogP contribution in [-0.4, -0.2) is 30.9 Å². The summed E-state index contributed by atoms with van der Waals surface area (Å²) in [7, 11) is 0. The summed E-state index contributed by atoms with van der Waals surface area (Å²) in [4.78, 5) is 30.2. The quantitative estimate of drug-likeness (QED) is 0.684. The van der Waals surface area contributed by atoms with Gasteiger partial charge in [-0.25, -0.2) is 19.1 Å². The van der Waals surface area contributed by atoms with E-state index in [4.69, 9.17) is 4.42 Å². The van der Waals surface area contributed by atoms with Gasteiger partial charge >= 0.3 is 11.7 Å². The molecule has 156 valence electrons. The molecular formula is C21H28N4O4. The number of nitrogens with zero attached hydrogens (tertiary/aromatic N) is 3. The molecule has 0 spiro atoms. The summed E-state index contributed by atoms with van der Waals surface area (Å²) in [5, 5.41) is 13.0. The summed E-state index contributed by atoms with van der Waals surface area (Å²) in [6.07, 6.45) is 3.26. The topological polar surface area (TPSA) is 102 Å². The van der Waals surface area contributed by atoms with Crippen LogP contribution in [0.5, 0.6) is 0 Å². The van der Waals surface area contributed by atoms with Crippen molar-refractivity contribution in [2.24, 2.45) is 5.41 Å². The number of carbonyl (C=O) groups excluding carboxylic acids is 1. The molecule has 1 atom stereocenters. The van der Waals surface area contributed by atoms with Gasteiger partial charge in [0, 0.05) is 6.54 Å². The van der Waals surface area contributed by atoms with Gasteiger partial charge in [-0.05, 0) is 37.8 Å². The third-order valence-corrected chi connectivity index (χ3v) is 4.86. The maximum absolute atomic E-state index is 13.2. The molecule has 0 fully saturated rings. The van der Waals surface area contributed by atoms with Gasteiger partial charge in [0.15, 0.2) is 6.39 Å². The van der Waals surface area contributed by atoms with Gasteiger partial charge in [-0.15, -0.1) is 0 Å². The molecule has 8 nitrogen and oxygen atoms in total. The zero-order valence-corrected chi connectivity index (χ0v) is 17.5. The Bertz CT molecular complexity index is 1050. The largest absolute Gasteiger partial charge is 0.446 e. The van der Waals surface area contributed by atoms with E-state index in [9.17, 15) is 14.7 Å². The summed E-state index contributed by atoms with van der Waals surface area (Å²) in [5.41, 5.74) is -0.579. The van der Waals surface area contributed by atoms with Crippen LogP contribution < -0.4 is 11.0 Å². The highest BCUT2D eigenvalue weighted by Gasteiger charge is 2.32. The number of imidazole rings is 1. The number of aliphatic hydroxyl groups is 1. The summed E-state index contributed by atoms with van der Waals surface area (Å²) < 4.78 is 8.07. The van der Waals surface area contributed by atoms with Crippen molar-refractivity contribution >= 4 is 17.1 Å². The third-order valence-electron chi connectivity index (χ3n) is 4.86. The molecule has 2 heterocycles. The molecule has 0 saturated heterocycles. The van der Waals surface area contributed by atoms with Crippen molar-refractivity contribution in [1.82, 2.24) is 19.4 Å². The van der Waals surface area contributed by atoms with Crippen molar-refractivity contribution in [3.8, 4) is 0 Å². The normalized spacial score (nSPS) is 13.6. The predicted octanol–water partition coefficient (Wildman–Crippen LogP) is 3.30. The van der Waals surface area contributed by atoms with E-state index in [0.29, 0.717) is 29.8 Å². The van der Waals surface area contributed by atoms with Crippen molar-refractivity contribution in [1.29, 1.82) is 0 Å². The SMILES string of the molecule is CC(C)(O)CCn1c(=O)n(C(=O)N[C@H](c2cnco2)C(C)(C)C)c2ccccc21. The number of carbonyl (C=O) groups is 1. The zero-order valence-electron chi connectivity index (χ0n) is 17.5. The fourth-order valence-corrected chi connectivity index (χ4v) is 3.28. The van der Waals surface area contributed by atoms with Crippen LogP contribution >= 0.6 is 0 Å². The maximum atomic E-state index is 13.2. The molecule has 2 N–H and O–H groups in total. The van der Waals surface area contributed by atoms with Gasteiger partial charge in [0.25, 0.3) is 0 Å². The van der Waals surface area contributed by atoms with E-state index in [1.54, 1.807) is 38.2 Å². The lowest BCUT2D eigenvalue weighted by Gasteiger charge is -2.29. The molecule has 3 rings (SSSR count). The molecular weight excluding hydrogens is 372 g/mol. The number of amides is 1. The van der Waals surface area contributed by atoms with E-state index < -0.39 is 23.4 Å². The standard InChI is InChI=1S/C21H28N4O4/c1-20(2,3)17(16-12-22-13-29-16)23-18(26)25-15-9-7-6-8-14(15)24(19(25)27)11-10-21(4,5)28/h6-9,12-13,17,28H,10-11H2,1-5H3,(H,23,26)/t17-/m1/s1. The number of rotatable bonds is 5. The number of aromatic nitrogens is 3. The second-order valence-corrected chi connectivity index (χ2v) is 8.97. The Morgan fingerprint density at radius 2 is 1.86 bits per heavy atom. The average Bonchev–Trinajstić information content (AvgIpc) is 3.22. The van der Waals surface area contributed by atoms with Crippen LogP contribution in [0.1, 0.15) is 52.8 Å². The van der Waals surface area contributed by atoms with E-state index in [1.165, 1.54) is 11.0 Å². The van der Waals surface area contributed by atoms with E-state index in [2.05, 4.69) is 10.3 Å². The van der Waals surface area contributed by atoms with Crippen molar-refractivity contribution in [2.45, 2.75) is 59.2 Å². The van der Waals surface area contributed by atoms with Crippen LogP contribution in [0.4, 0.5) is 4.79 Å². The summed E-state index contributed by atoms with van der Waals surface area (Å²) in [6.45, 7) is 9.58. The second kappa shape index (κ2) is 7.51. The van der Waals surface area contributed by atoms with Gasteiger partial charge < -0.3 is 14.8 Å². The maximum Gasteiger partial charge on any atom is 0.337 e.